The van der Waals surface area contributed by atoms with E-state index >= 15 is 8.78 Å². The average Bonchev–Trinajstić information content (AvgIpc) is 3.64. The lowest BCUT2D eigenvalue weighted by Gasteiger charge is -2.24. The van der Waals surface area contributed by atoms with E-state index < -0.39 is 101 Å². The summed E-state index contributed by atoms with van der Waals surface area (Å²) in [6.45, 7) is 0.180. The Morgan fingerprint density at radius 2 is 1.72 bits per heavy atom. The van der Waals surface area contributed by atoms with Crippen LogP contribution in [0.5, 0.6) is 0 Å². The van der Waals surface area contributed by atoms with Gasteiger partial charge in [0, 0.05) is 28.5 Å². The van der Waals surface area contributed by atoms with Crippen LogP contribution in [0.25, 0.3) is 16.8 Å². The molecule has 0 radical (unpaired) electrons. The second-order valence-corrected chi connectivity index (χ2v) is 12.4. The van der Waals surface area contributed by atoms with Crippen molar-refractivity contribution in [3.8, 4) is 23.0 Å². The van der Waals surface area contributed by atoms with Crippen molar-refractivity contribution in [2.45, 2.75) is 50.1 Å². The van der Waals surface area contributed by atoms with E-state index in [9.17, 15) is 49.5 Å². The molecule has 0 fully saturated rings. The number of carbonyl (C=O) groups is 2. The third kappa shape index (κ3) is 6.20. The number of rotatable bonds is 8. The lowest BCUT2D eigenvalue weighted by atomic mass is 9.84. The van der Waals surface area contributed by atoms with E-state index in [1.165, 1.54) is 19.1 Å². The van der Waals surface area contributed by atoms with Gasteiger partial charge in [0.25, 0.3) is 0 Å². The van der Waals surface area contributed by atoms with Crippen LogP contribution in [0.15, 0.2) is 47.4 Å². The van der Waals surface area contributed by atoms with Gasteiger partial charge in [-0.05, 0) is 49.2 Å². The largest absolute Gasteiger partial charge is 0.471 e. The van der Waals surface area contributed by atoms with E-state index in [0.717, 1.165) is 28.8 Å². The van der Waals surface area contributed by atoms with Crippen LogP contribution in [0.2, 0.25) is 0 Å². The zero-order valence-electron chi connectivity index (χ0n) is 26.9. The molecular weight excluding hydrogens is 746 g/mol. The first-order chi connectivity index (χ1) is 25.2. The molecule has 2 aliphatic carbocycles. The van der Waals surface area contributed by atoms with Crippen molar-refractivity contribution in [3.05, 3.63) is 98.6 Å². The van der Waals surface area contributed by atoms with Crippen molar-refractivity contribution in [2.75, 3.05) is 5.32 Å². The molecule has 54 heavy (non-hydrogen) atoms. The lowest BCUT2D eigenvalue weighted by Crippen LogP contribution is -2.36. The molecule has 0 bridgehead atoms. The van der Waals surface area contributed by atoms with Gasteiger partial charge in [0.2, 0.25) is 5.91 Å². The van der Waals surface area contributed by atoms with Crippen molar-refractivity contribution >= 4 is 23.1 Å². The number of alkyl halides is 8. The molecule has 3 unspecified atom stereocenters. The number of fused-ring (bicyclic) bond motifs is 4. The molecule has 4 aromatic heterocycles. The van der Waals surface area contributed by atoms with E-state index in [1.807, 2.05) is 0 Å². The molecule has 21 heteroatoms. The minimum Gasteiger partial charge on any atom is -0.346 e. The van der Waals surface area contributed by atoms with Crippen molar-refractivity contribution in [1.82, 2.24) is 34.7 Å². The van der Waals surface area contributed by atoms with Crippen LogP contribution in [-0.2, 0) is 34.7 Å². The van der Waals surface area contributed by atoms with Crippen molar-refractivity contribution in [2.24, 2.45) is 5.92 Å². The quantitative estimate of drug-likeness (QED) is 0.145. The molecule has 5 aromatic rings. The Morgan fingerprint density at radius 3 is 2.35 bits per heavy atom. The normalized spacial score (nSPS) is 17.6. The molecule has 0 saturated carbocycles. The summed E-state index contributed by atoms with van der Waals surface area (Å²) >= 11 is 0. The Labute approximate surface area is 294 Å². The Hall–Kier alpha value is -6.20. The fraction of sp³-hybridized carbons (Fsp3) is 0.273. The predicted octanol–water partition coefficient (Wildman–Crippen LogP) is 5.31. The zero-order chi connectivity index (χ0) is 39.1. The topological polar surface area (TPSA) is 139 Å². The van der Waals surface area contributed by atoms with Gasteiger partial charge in [-0.25, -0.2) is 23.1 Å². The molecule has 1 aromatic carbocycles. The maximum absolute atomic E-state index is 15.4. The third-order valence-electron chi connectivity index (χ3n) is 8.87. The summed E-state index contributed by atoms with van der Waals surface area (Å²) < 4.78 is 142. The highest BCUT2D eigenvalue weighted by Gasteiger charge is 2.62. The molecular formula is C33H20F10N8O3. The summed E-state index contributed by atoms with van der Waals surface area (Å²) in [6.07, 6.45) is -10.3. The molecule has 3 atom stereocenters. The highest BCUT2D eigenvalue weighted by molar-refractivity contribution is 5.95. The fourth-order valence-corrected chi connectivity index (χ4v) is 6.61. The average molecular weight is 767 g/mol. The minimum absolute atomic E-state index is 0.0658. The van der Waals surface area contributed by atoms with Crippen LogP contribution in [0.4, 0.5) is 49.6 Å². The highest BCUT2D eigenvalue weighted by Crippen LogP contribution is 2.58. The maximum atomic E-state index is 15.4. The lowest BCUT2D eigenvalue weighted by molar-refractivity contribution is -0.167. The van der Waals surface area contributed by atoms with Crippen LogP contribution in [0, 0.1) is 36.3 Å². The van der Waals surface area contributed by atoms with Gasteiger partial charge in [-0.1, -0.05) is 11.8 Å². The summed E-state index contributed by atoms with van der Waals surface area (Å²) in [5.74, 6) is -8.49. The van der Waals surface area contributed by atoms with Crippen molar-refractivity contribution in [1.29, 1.82) is 0 Å². The predicted molar refractivity (Wildman–Crippen MR) is 165 cm³/mol. The van der Waals surface area contributed by atoms with Gasteiger partial charge in [0.05, 0.1) is 29.5 Å². The van der Waals surface area contributed by atoms with Gasteiger partial charge >= 0.3 is 29.9 Å². The number of benzene rings is 1. The van der Waals surface area contributed by atoms with Crippen LogP contribution >= 0.6 is 0 Å². The first-order valence-electron chi connectivity index (χ1n) is 15.5. The SMILES string of the molecule is Cc1c(-c2cc(NC(=O)C(F)(F)F)cnc2C(Cc2cc(F)cc(F)c2)NC(=O)Cn2nc(C(F)(F)F)c3c2C(F)(F)C2C#CC32)ccc2n[nH]c(=O)n12. The number of aromatic nitrogens is 6. The second kappa shape index (κ2) is 12.4. The maximum Gasteiger partial charge on any atom is 0.471 e. The van der Waals surface area contributed by atoms with Crippen molar-refractivity contribution < 1.29 is 53.5 Å². The third-order valence-corrected chi connectivity index (χ3v) is 8.87. The Kier molecular flexibility index (Phi) is 8.34. The monoisotopic (exact) mass is 766 g/mol. The first kappa shape index (κ1) is 36.2. The first-order valence-corrected chi connectivity index (χ1v) is 15.5. The molecule has 7 rings (SSSR count). The van der Waals surface area contributed by atoms with E-state index in [1.54, 1.807) is 5.32 Å². The Morgan fingerprint density at radius 1 is 1.02 bits per heavy atom. The number of nitrogens with zero attached hydrogens (tertiary/aromatic N) is 5. The molecule has 11 nitrogen and oxygen atoms in total. The van der Waals surface area contributed by atoms with Crippen molar-refractivity contribution in [3.63, 3.8) is 0 Å². The second-order valence-electron chi connectivity index (χ2n) is 12.4. The zero-order valence-corrected chi connectivity index (χ0v) is 26.9. The van der Waals surface area contributed by atoms with Gasteiger partial charge in [-0.3, -0.25) is 19.3 Å². The number of hydrogen-bond acceptors (Lipinski definition) is 6. The Balaban J connectivity index is 1.34. The van der Waals surface area contributed by atoms with Crippen LogP contribution < -0.4 is 16.3 Å². The van der Waals surface area contributed by atoms with Gasteiger partial charge in [-0.2, -0.15) is 45.3 Å². The number of pyridine rings is 2. The number of carbonyl (C=O) groups excluding carboxylic acids is 2. The number of hydrogen-bond donors (Lipinski definition) is 3. The molecule has 0 spiro atoms. The molecule has 3 N–H and O–H groups in total. The van der Waals surface area contributed by atoms with Crippen LogP contribution in [0.3, 0.4) is 0 Å². The standard InChI is InChI=1S/C33H20F10N8O3/c1-13-18(3-5-23-47-48-30(54)51(13)23)20-10-17(45-29(53)33(41,42)43)11-44-26(20)22(8-14-6-15(34)9-16(35)7-14)46-24(52)12-50-28-25(27(49-50)32(38,39)40)19-2-4-21(19)31(28,36)37/h3,5-7,9-11,19,21-22H,8,12H2,1H3,(H,45,53)(H,46,52)(H,48,54). The summed E-state index contributed by atoms with van der Waals surface area (Å²) in [7, 11) is 0. The number of aromatic amines is 1. The molecule has 0 aliphatic heterocycles. The smallest absolute Gasteiger partial charge is 0.346 e. The molecule has 2 aliphatic rings. The fourth-order valence-electron chi connectivity index (χ4n) is 6.61. The molecule has 2 amide bonds. The molecule has 4 heterocycles. The van der Waals surface area contributed by atoms with Gasteiger partial charge in [0.15, 0.2) is 11.3 Å². The number of anilines is 1. The van der Waals surface area contributed by atoms with Gasteiger partial charge in [-0.15, -0.1) is 0 Å². The minimum atomic E-state index is -5.34. The van der Waals surface area contributed by atoms with E-state index in [2.05, 4.69) is 37.4 Å². The van der Waals surface area contributed by atoms with Gasteiger partial charge in [0.1, 0.15) is 29.8 Å². The summed E-state index contributed by atoms with van der Waals surface area (Å²) in [4.78, 5) is 42.2. The highest BCUT2D eigenvalue weighted by atomic mass is 19.4. The van der Waals surface area contributed by atoms with E-state index in [4.69, 9.17) is 0 Å². The van der Waals surface area contributed by atoms with Gasteiger partial charge < -0.3 is 10.6 Å². The number of amides is 2. The van der Waals surface area contributed by atoms with E-state index in [-0.39, 0.29) is 38.4 Å². The number of aryl methyl sites for hydroxylation is 1. The van der Waals surface area contributed by atoms with Crippen LogP contribution in [-0.4, -0.2) is 47.4 Å². The van der Waals surface area contributed by atoms with E-state index in [0.29, 0.717) is 6.07 Å². The molecule has 0 saturated heterocycles. The number of H-pyrrole nitrogens is 1. The summed E-state index contributed by atoms with van der Waals surface area (Å²) in [5.41, 5.74) is -5.20. The summed E-state index contributed by atoms with van der Waals surface area (Å²) in [5, 5.41) is 13.4. The van der Waals surface area contributed by atoms with Crippen LogP contribution in [0.1, 0.15) is 45.9 Å². The molecule has 280 valence electrons. The summed E-state index contributed by atoms with van der Waals surface area (Å²) in [6, 6.07) is 4.42. The Bertz CT molecular complexity index is 2490. The number of halogens is 10. The number of nitrogens with one attached hydrogen (secondary N) is 3.